The van der Waals surface area contributed by atoms with Crippen molar-refractivity contribution in [2.45, 2.75) is 38.8 Å². The number of aryl methyl sites for hydroxylation is 1. The van der Waals surface area contributed by atoms with Crippen LogP contribution < -0.4 is 4.90 Å². The van der Waals surface area contributed by atoms with Crippen molar-refractivity contribution in [2.24, 2.45) is 0 Å². The van der Waals surface area contributed by atoms with E-state index in [9.17, 15) is 13.2 Å². The van der Waals surface area contributed by atoms with Gasteiger partial charge < -0.3 is 4.90 Å². The molecule has 0 unspecified atom stereocenters. The predicted octanol–water partition coefficient (Wildman–Crippen LogP) is 1.61. The fourth-order valence-electron chi connectivity index (χ4n) is 3.60. The van der Waals surface area contributed by atoms with Crippen LogP contribution in [-0.4, -0.2) is 55.9 Å². The molecule has 2 saturated heterocycles. The summed E-state index contributed by atoms with van der Waals surface area (Å²) in [5, 5.41) is 0. The van der Waals surface area contributed by atoms with E-state index in [-0.39, 0.29) is 29.5 Å². The molecular weight excluding hydrogens is 312 g/mol. The molecule has 1 amide bonds. The Labute approximate surface area is 138 Å². The van der Waals surface area contributed by atoms with Crippen molar-refractivity contribution in [1.82, 2.24) is 4.90 Å². The third-order valence-electron chi connectivity index (χ3n) is 4.81. The molecule has 0 aromatic heterocycles. The van der Waals surface area contributed by atoms with Crippen LogP contribution in [0.1, 0.15) is 25.3 Å². The van der Waals surface area contributed by atoms with Crippen LogP contribution in [0.15, 0.2) is 24.3 Å². The number of fused-ring (bicyclic) bond motifs is 1. The first kappa shape index (κ1) is 16.5. The summed E-state index contributed by atoms with van der Waals surface area (Å²) in [5.74, 6) is 0.236. The lowest BCUT2D eigenvalue weighted by Crippen LogP contribution is -2.62. The molecule has 6 heteroatoms. The number of sulfone groups is 1. The molecule has 0 bridgehead atoms. The largest absolute Gasteiger partial charge is 0.306 e. The minimum absolute atomic E-state index is 0.00306. The van der Waals surface area contributed by atoms with Crippen molar-refractivity contribution in [3.63, 3.8) is 0 Å². The summed E-state index contributed by atoms with van der Waals surface area (Å²) >= 11 is 0. The topological polar surface area (TPSA) is 57.7 Å². The number of piperazine rings is 1. The standard InChI is InChI=1S/C17H24N2O3S/c1-3-4-9-18-10-17(20)19(14-7-5-13(2)6-8-14)16-12-23(21,22)11-15(16)18/h5-8,15-16H,3-4,9-12H2,1-2H3/t15-,16+/m0/s1. The summed E-state index contributed by atoms with van der Waals surface area (Å²) < 4.78 is 24.4. The maximum absolute atomic E-state index is 12.7. The number of rotatable bonds is 4. The van der Waals surface area contributed by atoms with Crippen molar-refractivity contribution in [1.29, 1.82) is 0 Å². The van der Waals surface area contributed by atoms with Gasteiger partial charge in [0.1, 0.15) is 0 Å². The van der Waals surface area contributed by atoms with E-state index in [2.05, 4.69) is 11.8 Å². The van der Waals surface area contributed by atoms with Gasteiger partial charge in [-0.15, -0.1) is 0 Å². The van der Waals surface area contributed by atoms with Gasteiger partial charge in [-0.1, -0.05) is 31.0 Å². The van der Waals surface area contributed by atoms with Crippen molar-refractivity contribution in [3.05, 3.63) is 29.8 Å². The maximum Gasteiger partial charge on any atom is 0.241 e. The van der Waals surface area contributed by atoms with E-state index in [4.69, 9.17) is 0 Å². The van der Waals surface area contributed by atoms with Gasteiger partial charge in [0.25, 0.3) is 0 Å². The van der Waals surface area contributed by atoms with E-state index in [1.54, 1.807) is 4.90 Å². The van der Waals surface area contributed by atoms with E-state index in [0.717, 1.165) is 30.6 Å². The highest BCUT2D eigenvalue weighted by Crippen LogP contribution is 2.31. The molecule has 0 saturated carbocycles. The Kier molecular flexibility index (Phi) is 4.47. The van der Waals surface area contributed by atoms with Gasteiger partial charge in [0, 0.05) is 11.7 Å². The summed E-state index contributed by atoms with van der Waals surface area (Å²) in [6.07, 6.45) is 2.03. The fraction of sp³-hybridized carbons (Fsp3) is 0.588. The van der Waals surface area contributed by atoms with Gasteiger partial charge in [-0.25, -0.2) is 8.42 Å². The van der Waals surface area contributed by atoms with Crippen LogP contribution in [0.25, 0.3) is 0 Å². The Balaban J connectivity index is 1.93. The molecule has 2 aliphatic rings. The Hall–Kier alpha value is -1.40. The first-order chi connectivity index (χ1) is 10.9. The highest BCUT2D eigenvalue weighted by atomic mass is 32.2. The molecule has 5 nitrogen and oxygen atoms in total. The molecule has 1 aromatic rings. The van der Waals surface area contributed by atoms with Crippen LogP contribution in [0.2, 0.25) is 0 Å². The van der Waals surface area contributed by atoms with Crippen LogP contribution in [0.5, 0.6) is 0 Å². The van der Waals surface area contributed by atoms with E-state index < -0.39 is 9.84 Å². The fourth-order valence-corrected chi connectivity index (χ4v) is 5.59. The lowest BCUT2D eigenvalue weighted by atomic mass is 10.0. The van der Waals surface area contributed by atoms with Crippen molar-refractivity contribution < 1.29 is 13.2 Å². The molecule has 0 N–H and O–H groups in total. The number of unbranched alkanes of at least 4 members (excludes halogenated alkanes) is 1. The van der Waals surface area contributed by atoms with Gasteiger partial charge >= 0.3 is 0 Å². The lowest BCUT2D eigenvalue weighted by Gasteiger charge is -2.43. The summed E-state index contributed by atoms with van der Waals surface area (Å²) in [5.41, 5.74) is 1.93. The lowest BCUT2D eigenvalue weighted by molar-refractivity contribution is -0.123. The average molecular weight is 336 g/mol. The molecule has 2 heterocycles. The number of nitrogens with zero attached hydrogens (tertiary/aromatic N) is 2. The van der Waals surface area contributed by atoms with Crippen molar-refractivity contribution in [2.75, 3.05) is 29.5 Å². The number of anilines is 1. The second kappa shape index (κ2) is 6.24. The summed E-state index contributed by atoms with van der Waals surface area (Å²) in [6.45, 7) is 5.20. The molecule has 0 aliphatic carbocycles. The Morgan fingerprint density at radius 3 is 2.43 bits per heavy atom. The number of hydrogen-bond donors (Lipinski definition) is 0. The van der Waals surface area contributed by atoms with E-state index >= 15 is 0 Å². The molecule has 2 fully saturated rings. The Bertz CT molecular complexity index is 684. The molecule has 2 atom stereocenters. The zero-order chi connectivity index (χ0) is 16.6. The highest BCUT2D eigenvalue weighted by Gasteiger charge is 2.49. The van der Waals surface area contributed by atoms with E-state index in [0.29, 0.717) is 6.54 Å². The number of amides is 1. The van der Waals surface area contributed by atoms with Crippen LogP contribution >= 0.6 is 0 Å². The third-order valence-corrected chi connectivity index (χ3v) is 6.51. The van der Waals surface area contributed by atoms with Gasteiger partial charge in [-0.2, -0.15) is 0 Å². The summed E-state index contributed by atoms with van der Waals surface area (Å²) in [4.78, 5) is 16.5. The zero-order valence-corrected chi connectivity index (χ0v) is 14.6. The Morgan fingerprint density at radius 2 is 1.78 bits per heavy atom. The van der Waals surface area contributed by atoms with E-state index in [1.807, 2.05) is 31.2 Å². The van der Waals surface area contributed by atoms with E-state index in [1.165, 1.54) is 0 Å². The average Bonchev–Trinajstić information content (AvgIpc) is 2.81. The van der Waals surface area contributed by atoms with Crippen LogP contribution in [0.4, 0.5) is 5.69 Å². The normalized spacial score (nSPS) is 27.2. The van der Waals surface area contributed by atoms with Crippen LogP contribution in [0, 0.1) is 6.92 Å². The molecule has 0 radical (unpaired) electrons. The SMILES string of the molecule is CCCCN1CC(=O)N(c2ccc(C)cc2)[C@@H]2CS(=O)(=O)C[C@@H]21. The molecule has 3 rings (SSSR count). The van der Waals surface area contributed by atoms with Gasteiger partial charge in [0.2, 0.25) is 5.91 Å². The number of hydrogen-bond acceptors (Lipinski definition) is 4. The molecular formula is C17H24N2O3S. The van der Waals surface area contributed by atoms with Crippen molar-refractivity contribution >= 4 is 21.4 Å². The maximum atomic E-state index is 12.7. The van der Waals surface area contributed by atoms with Gasteiger partial charge in [-0.05, 0) is 32.0 Å². The first-order valence-electron chi connectivity index (χ1n) is 8.24. The second-order valence-corrected chi connectivity index (χ2v) is 8.79. The molecule has 23 heavy (non-hydrogen) atoms. The monoisotopic (exact) mass is 336 g/mol. The van der Waals surface area contributed by atoms with Gasteiger partial charge in [-0.3, -0.25) is 9.69 Å². The third kappa shape index (κ3) is 3.28. The number of carbonyl (C=O) groups is 1. The summed E-state index contributed by atoms with van der Waals surface area (Å²) in [7, 11) is -3.09. The van der Waals surface area contributed by atoms with Crippen LogP contribution in [-0.2, 0) is 14.6 Å². The smallest absolute Gasteiger partial charge is 0.241 e. The minimum Gasteiger partial charge on any atom is -0.306 e. The summed E-state index contributed by atoms with van der Waals surface area (Å²) in [6, 6.07) is 7.41. The number of carbonyl (C=O) groups excluding carboxylic acids is 1. The predicted molar refractivity (Wildman–Crippen MR) is 91.4 cm³/mol. The minimum atomic E-state index is -3.09. The van der Waals surface area contributed by atoms with Gasteiger partial charge in [0.05, 0.1) is 24.1 Å². The number of benzene rings is 1. The first-order valence-corrected chi connectivity index (χ1v) is 10.1. The highest BCUT2D eigenvalue weighted by molar-refractivity contribution is 7.91. The Morgan fingerprint density at radius 1 is 1.13 bits per heavy atom. The molecule has 1 aromatic carbocycles. The van der Waals surface area contributed by atoms with Crippen LogP contribution in [0.3, 0.4) is 0 Å². The molecule has 0 spiro atoms. The molecule has 2 aliphatic heterocycles. The van der Waals surface area contributed by atoms with Gasteiger partial charge in [0.15, 0.2) is 9.84 Å². The second-order valence-electron chi connectivity index (χ2n) is 6.63. The van der Waals surface area contributed by atoms with Crippen molar-refractivity contribution in [3.8, 4) is 0 Å². The quantitative estimate of drug-likeness (QED) is 0.838. The molecule has 126 valence electrons. The zero-order valence-electron chi connectivity index (χ0n) is 13.7.